The summed E-state index contributed by atoms with van der Waals surface area (Å²) in [6.07, 6.45) is 13.2. The van der Waals surface area contributed by atoms with E-state index < -0.39 is 0 Å². The standard InChI is InChI=1S/C16H28O2S2/c17-15-9-7-5-3-1-2-4-6-8-10-16(11-12-18-15)19-13-14-20-16/h1-14H2. The van der Waals surface area contributed by atoms with Gasteiger partial charge >= 0.3 is 5.97 Å². The summed E-state index contributed by atoms with van der Waals surface area (Å²) in [6, 6.07) is 0. The molecular formula is C16H28O2S2. The number of thioether (sulfide) groups is 2. The summed E-state index contributed by atoms with van der Waals surface area (Å²) < 4.78 is 5.79. The lowest BCUT2D eigenvalue weighted by molar-refractivity contribution is -0.143. The van der Waals surface area contributed by atoms with Gasteiger partial charge in [0.2, 0.25) is 0 Å². The zero-order valence-corrected chi connectivity index (χ0v) is 14.2. The molecule has 0 aromatic rings. The molecule has 2 nitrogen and oxygen atoms in total. The van der Waals surface area contributed by atoms with Crippen LogP contribution >= 0.6 is 23.5 Å². The highest BCUT2D eigenvalue weighted by Gasteiger charge is 2.34. The molecular weight excluding hydrogens is 288 g/mol. The van der Waals surface area contributed by atoms with Gasteiger partial charge in [0.1, 0.15) is 0 Å². The van der Waals surface area contributed by atoms with Crippen molar-refractivity contribution in [2.75, 3.05) is 18.1 Å². The number of rotatable bonds is 0. The summed E-state index contributed by atoms with van der Waals surface area (Å²) in [5, 5.41) is 0. The maximum absolute atomic E-state index is 11.7. The summed E-state index contributed by atoms with van der Waals surface area (Å²) >= 11 is 4.21. The van der Waals surface area contributed by atoms with E-state index in [1.807, 2.05) is 0 Å². The number of hydrogen-bond donors (Lipinski definition) is 0. The summed E-state index contributed by atoms with van der Waals surface area (Å²) in [5.74, 6) is 2.54. The SMILES string of the molecule is O=C1CCCCCCCCCCC2(CCO1)SCCS2. The molecule has 0 bridgehead atoms. The molecule has 2 aliphatic rings. The average molecular weight is 317 g/mol. The van der Waals surface area contributed by atoms with E-state index in [9.17, 15) is 4.79 Å². The van der Waals surface area contributed by atoms with Crippen LogP contribution in [0.1, 0.15) is 70.6 Å². The van der Waals surface area contributed by atoms with Crippen molar-refractivity contribution in [2.45, 2.75) is 74.7 Å². The van der Waals surface area contributed by atoms with Crippen molar-refractivity contribution in [2.24, 2.45) is 0 Å². The molecule has 2 heterocycles. The maximum Gasteiger partial charge on any atom is 0.305 e. The van der Waals surface area contributed by atoms with Gasteiger partial charge in [0.15, 0.2) is 0 Å². The summed E-state index contributed by atoms with van der Waals surface area (Å²) in [6.45, 7) is 0.624. The van der Waals surface area contributed by atoms with E-state index in [0.717, 1.165) is 12.8 Å². The fourth-order valence-electron chi connectivity index (χ4n) is 3.03. The highest BCUT2D eigenvalue weighted by atomic mass is 32.2. The van der Waals surface area contributed by atoms with Crippen molar-refractivity contribution in [1.82, 2.24) is 0 Å². The van der Waals surface area contributed by atoms with Crippen LogP contribution in [0.3, 0.4) is 0 Å². The molecule has 2 aliphatic heterocycles. The van der Waals surface area contributed by atoms with Crippen molar-refractivity contribution in [3.05, 3.63) is 0 Å². The minimum atomic E-state index is 0.0167. The topological polar surface area (TPSA) is 26.3 Å². The van der Waals surface area contributed by atoms with Crippen molar-refractivity contribution in [1.29, 1.82) is 0 Å². The van der Waals surface area contributed by atoms with Crippen molar-refractivity contribution < 1.29 is 9.53 Å². The molecule has 2 fully saturated rings. The quantitative estimate of drug-likeness (QED) is 0.587. The second-order valence-corrected chi connectivity index (χ2v) is 9.12. The zero-order chi connectivity index (χ0) is 14.1. The van der Waals surface area contributed by atoms with Gasteiger partial charge in [-0.15, -0.1) is 23.5 Å². The lowest BCUT2D eigenvalue weighted by atomic mass is 10.1. The van der Waals surface area contributed by atoms with Crippen LogP contribution in [0.2, 0.25) is 0 Å². The number of carbonyl (C=O) groups is 1. The van der Waals surface area contributed by atoms with Gasteiger partial charge < -0.3 is 4.74 Å². The van der Waals surface area contributed by atoms with E-state index in [4.69, 9.17) is 4.74 Å². The molecule has 0 aromatic heterocycles. The van der Waals surface area contributed by atoms with Crippen LogP contribution in [-0.4, -0.2) is 28.2 Å². The highest BCUT2D eigenvalue weighted by molar-refractivity contribution is 8.21. The Morgan fingerprint density at radius 2 is 1.40 bits per heavy atom. The monoisotopic (exact) mass is 316 g/mol. The third-order valence-electron chi connectivity index (χ3n) is 4.25. The molecule has 0 radical (unpaired) electrons. The van der Waals surface area contributed by atoms with Crippen LogP contribution in [0.4, 0.5) is 0 Å². The lowest BCUT2D eigenvalue weighted by Gasteiger charge is -2.27. The number of ether oxygens (including phenoxy) is 1. The molecule has 0 aromatic carbocycles. The average Bonchev–Trinajstić information content (AvgIpc) is 2.89. The molecule has 2 rings (SSSR count). The first kappa shape index (κ1) is 16.5. The Hall–Kier alpha value is 0.170. The van der Waals surface area contributed by atoms with E-state index in [-0.39, 0.29) is 5.97 Å². The number of esters is 1. The van der Waals surface area contributed by atoms with Crippen LogP contribution < -0.4 is 0 Å². The number of cyclic esters (lactones) is 1. The summed E-state index contributed by atoms with van der Waals surface area (Å²) in [5.41, 5.74) is 0. The van der Waals surface area contributed by atoms with Gasteiger partial charge in [0.25, 0.3) is 0 Å². The molecule has 0 aliphatic carbocycles. The lowest BCUT2D eigenvalue weighted by Crippen LogP contribution is -2.21. The van der Waals surface area contributed by atoms with Gasteiger partial charge in [0, 0.05) is 24.3 Å². The Balaban J connectivity index is 1.81. The van der Waals surface area contributed by atoms with Crippen molar-refractivity contribution >= 4 is 29.5 Å². The Labute approximate surface area is 132 Å². The fraction of sp³-hybridized carbons (Fsp3) is 0.938. The molecule has 1 spiro atoms. The first-order chi connectivity index (χ1) is 9.81. The minimum Gasteiger partial charge on any atom is -0.466 e. The molecule has 0 N–H and O–H groups in total. The van der Waals surface area contributed by atoms with E-state index in [1.165, 1.54) is 62.9 Å². The number of hydrogen-bond acceptors (Lipinski definition) is 4. The maximum atomic E-state index is 11.7. The molecule has 0 saturated carbocycles. The third kappa shape index (κ3) is 5.88. The van der Waals surface area contributed by atoms with Crippen molar-refractivity contribution in [3.63, 3.8) is 0 Å². The van der Waals surface area contributed by atoms with Gasteiger partial charge in [-0.05, 0) is 12.8 Å². The molecule has 0 amide bonds. The highest BCUT2D eigenvalue weighted by Crippen LogP contribution is 2.49. The zero-order valence-electron chi connectivity index (χ0n) is 12.5. The predicted molar refractivity (Wildman–Crippen MR) is 89.4 cm³/mol. The van der Waals surface area contributed by atoms with Crippen LogP contribution in [0.5, 0.6) is 0 Å². The Kier molecular flexibility index (Phi) is 7.64. The molecule has 116 valence electrons. The second-order valence-electron chi connectivity index (χ2n) is 5.91. The molecule has 0 atom stereocenters. The Bertz CT molecular complexity index is 288. The molecule has 0 unspecified atom stereocenters. The number of carbonyl (C=O) groups excluding carboxylic acids is 1. The molecule has 2 saturated heterocycles. The van der Waals surface area contributed by atoms with Gasteiger partial charge in [0.05, 0.1) is 10.7 Å². The fourth-order valence-corrected chi connectivity index (χ4v) is 6.30. The minimum absolute atomic E-state index is 0.0167. The van der Waals surface area contributed by atoms with E-state index in [0.29, 0.717) is 17.1 Å². The van der Waals surface area contributed by atoms with Crippen LogP contribution in [0, 0.1) is 0 Å². The second kappa shape index (κ2) is 9.24. The summed E-state index contributed by atoms with van der Waals surface area (Å²) in [4.78, 5) is 11.7. The van der Waals surface area contributed by atoms with Gasteiger partial charge in [-0.3, -0.25) is 4.79 Å². The largest absolute Gasteiger partial charge is 0.466 e. The van der Waals surface area contributed by atoms with E-state index >= 15 is 0 Å². The smallest absolute Gasteiger partial charge is 0.305 e. The van der Waals surface area contributed by atoms with Gasteiger partial charge in [-0.25, -0.2) is 0 Å². The van der Waals surface area contributed by atoms with Crippen LogP contribution in [0.25, 0.3) is 0 Å². The first-order valence-electron chi connectivity index (χ1n) is 8.24. The van der Waals surface area contributed by atoms with Gasteiger partial charge in [-0.1, -0.05) is 44.9 Å². The van der Waals surface area contributed by atoms with Gasteiger partial charge in [-0.2, -0.15) is 0 Å². The van der Waals surface area contributed by atoms with E-state index in [1.54, 1.807) is 0 Å². The molecule has 20 heavy (non-hydrogen) atoms. The Morgan fingerprint density at radius 1 is 0.800 bits per heavy atom. The van der Waals surface area contributed by atoms with Crippen LogP contribution in [0.15, 0.2) is 0 Å². The first-order valence-corrected chi connectivity index (χ1v) is 10.2. The summed E-state index contributed by atoms with van der Waals surface area (Å²) in [7, 11) is 0. The normalized spacial score (nSPS) is 26.7. The van der Waals surface area contributed by atoms with E-state index in [2.05, 4.69) is 23.5 Å². The third-order valence-corrected chi connectivity index (χ3v) is 7.90. The predicted octanol–water partition coefficient (Wildman–Crippen LogP) is 5.01. The van der Waals surface area contributed by atoms with Crippen LogP contribution in [-0.2, 0) is 9.53 Å². The Morgan fingerprint density at radius 3 is 2.10 bits per heavy atom. The van der Waals surface area contributed by atoms with Crippen molar-refractivity contribution in [3.8, 4) is 0 Å². The molecule has 4 heteroatoms.